The average molecular weight is 514 g/mol. The summed E-state index contributed by atoms with van der Waals surface area (Å²) < 4.78 is 38.7. The summed E-state index contributed by atoms with van der Waals surface area (Å²) in [6.07, 6.45) is 4.69. The number of esters is 1. The highest BCUT2D eigenvalue weighted by Gasteiger charge is 2.40. The van der Waals surface area contributed by atoms with Gasteiger partial charge in [0.05, 0.1) is 12.2 Å². The lowest BCUT2D eigenvalue weighted by atomic mass is 9.89. The van der Waals surface area contributed by atoms with Gasteiger partial charge >= 0.3 is 5.97 Å². The minimum atomic E-state index is -3.24. The van der Waals surface area contributed by atoms with E-state index in [0.717, 1.165) is 6.08 Å². The van der Waals surface area contributed by atoms with Gasteiger partial charge in [0, 0.05) is 18.8 Å². The second-order valence-electron chi connectivity index (χ2n) is 8.75. The number of hydrogen-bond acceptors (Lipinski definition) is 8. The lowest BCUT2D eigenvalue weighted by Gasteiger charge is -2.20. The fourth-order valence-corrected chi connectivity index (χ4v) is 3.92. The second kappa shape index (κ2) is 14.5. The molecule has 1 aromatic rings. The first kappa shape index (κ1) is 29.2. The maximum Gasteiger partial charge on any atom is 0.306 e. The molecule has 5 atom stereocenters. The number of allylic oxidation sites excluding steroid dienone is 2. The molecule has 0 saturated heterocycles. The Morgan fingerprint density at radius 2 is 1.97 bits per heavy atom. The molecule has 1 aliphatic carbocycles. The first-order valence-electron chi connectivity index (χ1n) is 11.8. The van der Waals surface area contributed by atoms with Gasteiger partial charge in [0.25, 0.3) is 11.0 Å². The molecule has 2 rings (SSSR count). The van der Waals surface area contributed by atoms with Crippen LogP contribution in [0.5, 0.6) is 5.75 Å². The molecule has 0 amide bonds. The molecule has 2 N–H and O–H groups in total. The van der Waals surface area contributed by atoms with Crippen molar-refractivity contribution in [2.45, 2.75) is 63.3 Å². The highest BCUT2D eigenvalue weighted by molar-refractivity contribution is 5.69. The zero-order valence-electron chi connectivity index (χ0n) is 20.1. The van der Waals surface area contributed by atoms with E-state index < -0.39 is 53.7 Å². The van der Waals surface area contributed by atoms with Crippen molar-refractivity contribution >= 4 is 5.97 Å². The molecule has 0 heterocycles. The highest BCUT2D eigenvalue weighted by atomic mass is 19.3. The van der Waals surface area contributed by atoms with Gasteiger partial charge in [0.1, 0.15) is 18.5 Å². The third kappa shape index (κ3) is 10.7. The van der Waals surface area contributed by atoms with Crippen molar-refractivity contribution in [3.05, 3.63) is 64.8 Å². The van der Waals surface area contributed by atoms with Gasteiger partial charge in [-0.1, -0.05) is 36.4 Å². The van der Waals surface area contributed by atoms with E-state index in [4.69, 9.17) is 9.47 Å². The van der Waals surface area contributed by atoms with Gasteiger partial charge in [-0.15, -0.1) is 10.1 Å². The first-order chi connectivity index (χ1) is 17.1. The molecule has 11 heteroatoms. The summed E-state index contributed by atoms with van der Waals surface area (Å²) in [5, 5.41) is 29.7. The fraction of sp³-hybridized carbons (Fsp3) is 0.560. The van der Waals surface area contributed by atoms with E-state index in [1.165, 1.54) is 13.0 Å². The molecular formula is C25H33F2NO8. The van der Waals surface area contributed by atoms with Crippen LogP contribution in [0.3, 0.4) is 0 Å². The number of hydrogen-bond donors (Lipinski definition) is 2. The van der Waals surface area contributed by atoms with Crippen molar-refractivity contribution in [2.24, 2.45) is 11.8 Å². The summed E-state index contributed by atoms with van der Waals surface area (Å²) in [6, 6.07) is 8.28. The Morgan fingerprint density at radius 3 is 2.67 bits per heavy atom. The van der Waals surface area contributed by atoms with E-state index in [-0.39, 0.29) is 19.4 Å². The monoisotopic (exact) mass is 513 g/mol. The van der Waals surface area contributed by atoms with Crippen molar-refractivity contribution in [3.8, 4) is 5.75 Å². The van der Waals surface area contributed by atoms with Crippen LogP contribution in [0.2, 0.25) is 0 Å². The molecular weight excluding hydrogens is 480 g/mol. The predicted octanol–water partition coefficient (Wildman–Crippen LogP) is 3.87. The zero-order chi connectivity index (χ0) is 26.6. The van der Waals surface area contributed by atoms with Crippen LogP contribution in [0, 0.1) is 22.0 Å². The summed E-state index contributed by atoms with van der Waals surface area (Å²) in [7, 11) is 0. The van der Waals surface area contributed by atoms with Crippen LogP contribution in [0.15, 0.2) is 54.6 Å². The Morgan fingerprint density at radius 1 is 1.25 bits per heavy atom. The van der Waals surface area contributed by atoms with Gasteiger partial charge < -0.3 is 24.5 Å². The lowest BCUT2D eigenvalue weighted by molar-refractivity contribution is -0.759. The number of nitrogens with zero attached hydrogens (tertiary/aromatic N) is 1. The van der Waals surface area contributed by atoms with Crippen LogP contribution >= 0.6 is 0 Å². The molecule has 0 spiro atoms. The van der Waals surface area contributed by atoms with Crippen molar-refractivity contribution in [3.63, 3.8) is 0 Å². The molecule has 1 aromatic carbocycles. The SMILES string of the molecule is CC(CO[N+](=O)[O-])OC(=O)CCC/C=C\C[C@@H]1[C@@H](/C=C/C(F)(F)COc2ccccc2)[C@H](O)C[C@@H]1O. The molecule has 200 valence electrons. The molecule has 0 aromatic heterocycles. The van der Waals surface area contributed by atoms with E-state index in [1.54, 1.807) is 36.4 Å². The standard InChI is InChI=1S/C25H33F2NO8/c1-18(16-35-28(32)33)36-24(31)12-8-3-2-7-11-20-21(23(30)15-22(20)29)13-14-25(26,27)17-34-19-9-5-4-6-10-19/h2,4-7,9-10,13-14,18,20-23,29-30H,3,8,11-12,15-17H2,1H3/b7-2-,14-13+/t18?,20-,21-,22+,23-/m1/s1. The van der Waals surface area contributed by atoms with Gasteiger partial charge in [-0.2, -0.15) is 8.78 Å². The van der Waals surface area contributed by atoms with Crippen molar-refractivity contribution in [1.29, 1.82) is 0 Å². The summed E-state index contributed by atoms with van der Waals surface area (Å²) in [4.78, 5) is 26.0. The van der Waals surface area contributed by atoms with Gasteiger partial charge in [-0.25, -0.2) is 0 Å². The minimum absolute atomic E-state index is 0.101. The summed E-state index contributed by atoms with van der Waals surface area (Å²) in [5.41, 5.74) is 0. The smallest absolute Gasteiger partial charge is 0.306 e. The van der Waals surface area contributed by atoms with Crippen LogP contribution in [0.1, 0.15) is 39.0 Å². The third-order valence-electron chi connectivity index (χ3n) is 5.73. The van der Waals surface area contributed by atoms with Crippen molar-refractivity contribution in [1.82, 2.24) is 0 Å². The van der Waals surface area contributed by atoms with E-state index >= 15 is 0 Å². The van der Waals surface area contributed by atoms with Crippen molar-refractivity contribution < 1.29 is 43.2 Å². The van der Waals surface area contributed by atoms with Crippen molar-refractivity contribution in [2.75, 3.05) is 13.2 Å². The number of benzene rings is 1. The number of carbonyl (C=O) groups excluding carboxylic acids is 1. The molecule has 0 bridgehead atoms. The minimum Gasteiger partial charge on any atom is -0.487 e. The van der Waals surface area contributed by atoms with Gasteiger partial charge in [0.15, 0.2) is 6.61 Å². The van der Waals surface area contributed by atoms with E-state index in [0.29, 0.717) is 25.0 Å². The number of carbonyl (C=O) groups is 1. The normalized spacial score (nSPS) is 23.1. The number of para-hydroxylation sites is 1. The van der Waals surface area contributed by atoms with Crippen LogP contribution in [0.4, 0.5) is 8.78 Å². The third-order valence-corrected chi connectivity index (χ3v) is 5.73. The van der Waals surface area contributed by atoms with Crippen LogP contribution in [-0.4, -0.2) is 58.7 Å². The Labute approximate surface area is 208 Å². The summed E-state index contributed by atoms with van der Waals surface area (Å²) in [5.74, 6) is -4.47. The Kier molecular flexibility index (Phi) is 11.7. The molecule has 1 unspecified atom stereocenters. The maximum atomic E-state index is 14.3. The first-order valence-corrected chi connectivity index (χ1v) is 11.8. The number of ether oxygens (including phenoxy) is 2. The van der Waals surface area contributed by atoms with E-state index in [1.807, 2.05) is 6.08 Å². The Balaban J connectivity index is 1.76. The number of halogens is 2. The molecule has 0 radical (unpaired) electrons. The second-order valence-corrected chi connectivity index (χ2v) is 8.75. The maximum absolute atomic E-state index is 14.3. The number of rotatable bonds is 15. The lowest BCUT2D eigenvalue weighted by Crippen LogP contribution is -2.25. The van der Waals surface area contributed by atoms with E-state index in [2.05, 4.69) is 4.84 Å². The number of unbranched alkanes of at least 4 members (excludes halogenated alkanes) is 1. The Hall–Kier alpha value is -3.05. The molecule has 1 aliphatic rings. The average Bonchev–Trinajstić information content (AvgIpc) is 3.10. The zero-order valence-corrected chi connectivity index (χ0v) is 20.1. The fourth-order valence-electron chi connectivity index (χ4n) is 3.92. The quantitative estimate of drug-likeness (QED) is 0.119. The molecule has 0 aliphatic heterocycles. The molecule has 1 fully saturated rings. The largest absolute Gasteiger partial charge is 0.487 e. The van der Waals surface area contributed by atoms with Gasteiger partial charge in [-0.05, 0) is 50.3 Å². The summed E-state index contributed by atoms with van der Waals surface area (Å²) >= 11 is 0. The molecule has 1 saturated carbocycles. The van der Waals surface area contributed by atoms with Crippen LogP contribution in [-0.2, 0) is 14.4 Å². The predicted molar refractivity (Wildman–Crippen MR) is 126 cm³/mol. The van der Waals surface area contributed by atoms with Crippen LogP contribution < -0.4 is 4.74 Å². The topological polar surface area (TPSA) is 128 Å². The summed E-state index contributed by atoms with van der Waals surface area (Å²) in [6.45, 7) is 0.308. The highest BCUT2D eigenvalue weighted by Crippen LogP contribution is 2.37. The Bertz CT molecular complexity index is 880. The van der Waals surface area contributed by atoms with Crippen LogP contribution in [0.25, 0.3) is 0 Å². The molecule has 9 nitrogen and oxygen atoms in total. The van der Waals surface area contributed by atoms with E-state index in [9.17, 15) is 33.9 Å². The molecule has 36 heavy (non-hydrogen) atoms. The number of alkyl halides is 2. The number of aliphatic hydroxyl groups excluding tert-OH is 2. The van der Waals surface area contributed by atoms with Gasteiger partial charge in [-0.3, -0.25) is 4.79 Å². The van der Waals surface area contributed by atoms with Gasteiger partial charge in [0.2, 0.25) is 0 Å². The number of aliphatic hydroxyl groups is 2.